The van der Waals surface area contributed by atoms with Crippen LogP contribution in [0.15, 0.2) is 121 Å². The predicted molar refractivity (Wildman–Crippen MR) is 278 cm³/mol. The van der Waals surface area contributed by atoms with E-state index >= 15 is 0 Å². The normalized spacial score (nSPS) is 19.9. The zero-order valence-electron chi connectivity index (χ0n) is 39.1. The van der Waals surface area contributed by atoms with Crippen molar-refractivity contribution in [2.45, 2.75) is 122 Å². The van der Waals surface area contributed by atoms with Crippen molar-refractivity contribution < 1.29 is 0 Å². The molecule has 0 unspecified atom stereocenters. The highest BCUT2D eigenvalue weighted by molar-refractivity contribution is 7.26. The number of para-hydroxylation sites is 1. The van der Waals surface area contributed by atoms with Gasteiger partial charge in [-0.05, 0) is 116 Å². The van der Waals surface area contributed by atoms with Gasteiger partial charge in [0, 0.05) is 61.9 Å². The summed E-state index contributed by atoms with van der Waals surface area (Å²) in [6.45, 7) is 21.7. The van der Waals surface area contributed by atoms with Gasteiger partial charge in [0.25, 0.3) is 0 Å². The van der Waals surface area contributed by atoms with Crippen LogP contribution in [0.3, 0.4) is 0 Å². The van der Waals surface area contributed by atoms with E-state index in [2.05, 4.69) is 196 Å². The molecule has 0 saturated heterocycles. The van der Waals surface area contributed by atoms with Gasteiger partial charge in [-0.15, -0.1) is 11.3 Å². The van der Waals surface area contributed by atoms with E-state index in [1.165, 1.54) is 105 Å². The van der Waals surface area contributed by atoms with E-state index in [4.69, 9.17) is 5.73 Å². The lowest BCUT2D eigenvalue weighted by atomic mass is 9.62. The number of hydrogen-bond donors (Lipinski definition) is 1. The lowest BCUT2D eigenvalue weighted by Crippen LogP contribution is -2.38. The van der Waals surface area contributed by atoms with Crippen molar-refractivity contribution in [1.82, 2.24) is 0 Å². The Morgan fingerprint density at radius 3 is 2.27 bits per heavy atom. The summed E-state index contributed by atoms with van der Waals surface area (Å²) in [5.41, 5.74) is 27.6. The first-order valence-electron chi connectivity index (χ1n) is 23.2. The van der Waals surface area contributed by atoms with E-state index in [1.54, 1.807) is 0 Å². The van der Waals surface area contributed by atoms with Crippen molar-refractivity contribution >= 4 is 67.5 Å². The van der Waals surface area contributed by atoms with Gasteiger partial charge in [0.15, 0.2) is 0 Å². The summed E-state index contributed by atoms with van der Waals surface area (Å²) in [5.74, 6) is 6.74. The number of nitrogens with zero attached hydrogens (tertiary/aromatic N) is 1. The fourth-order valence-electron chi connectivity index (χ4n) is 11.4. The highest BCUT2D eigenvalue weighted by atomic mass is 32.1. The molecule has 3 aliphatic carbocycles. The lowest BCUT2D eigenvalue weighted by molar-refractivity contribution is 0.332. The van der Waals surface area contributed by atoms with Crippen LogP contribution >= 0.6 is 11.3 Å². The van der Waals surface area contributed by atoms with E-state index in [0.717, 1.165) is 36.9 Å². The molecule has 2 heterocycles. The average Bonchev–Trinajstić information content (AvgIpc) is 3.60. The summed E-state index contributed by atoms with van der Waals surface area (Å²) in [6.07, 6.45) is 17.5. The second-order valence-electron chi connectivity index (χ2n) is 21.4. The number of fused-ring (bicyclic) bond motifs is 5. The minimum Gasteiger partial charge on any atom is -0.398 e. The highest BCUT2D eigenvalue weighted by Gasteiger charge is 2.42. The number of rotatable bonds is 4. The summed E-state index contributed by atoms with van der Waals surface area (Å²) in [6, 6.07) is 30.5. The monoisotopic (exact) mass is 840 g/mol. The van der Waals surface area contributed by atoms with Crippen LogP contribution in [0, 0.1) is 11.8 Å². The molecule has 6 aromatic rings. The van der Waals surface area contributed by atoms with Crippen LogP contribution < -0.4 is 16.1 Å². The number of benzene rings is 5. The van der Waals surface area contributed by atoms with Gasteiger partial charge in [0.2, 0.25) is 0 Å². The third-order valence-corrected chi connectivity index (χ3v) is 16.1. The summed E-state index contributed by atoms with van der Waals surface area (Å²) in [4.78, 5) is 2.71. The SMILES string of the molecule is Bc1cccc2c1N(c1c(-c3ccc4c(c3)C(C)(C)CCC4(C)C)c(-c3c(N)ccc(C(C)(C)C)c3C3=C/CC#CC/C=C\3)cc3c1sc1ccccc13)C1=C(CCC=C1)C2(C)C. The molecule has 5 aromatic carbocycles. The Morgan fingerprint density at radius 1 is 0.714 bits per heavy atom. The molecule has 10 rings (SSSR count). The second kappa shape index (κ2) is 14.8. The second-order valence-corrected chi connectivity index (χ2v) is 22.5. The third-order valence-electron chi connectivity index (χ3n) is 15.0. The van der Waals surface area contributed by atoms with E-state index in [1.807, 2.05) is 11.3 Å². The Kier molecular flexibility index (Phi) is 9.74. The molecule has 0 saturated carbocycles. The number of nitrogens with two attached hydrogens (primary N) is 1. The van der Waals surface area contributed by atoms with Crippen molar-refractivity contribution in [1.29, 1.82) is 0 Å². The maximum Gasteiger partial charge on any atom is 0.142 e. The van der Waals surface area contributed by atoms with Crippen LogP contribution in [0.5, 0.6) is 0 Å². The largest absolute Gasteiger partial charge is 0.398 e. The van der Waals surface area contributed by atoms with Gasteiger partial charge in [-0.1, -0.05) is 165 Å². The molecule has 1 aliphatic heterocycles. The first kappa shape index (κ1) is 41.5. The van der Waals surface area contributed by atoms with Crippen molar-refractivity contribution in [2.24, 2.45) is 0 Å². The molecule has 0 bridgehead atoms. The van der Waals surface area contributed by atoms with Crippen LogP contribution in [-0.2, 0) is 21.7 Å². The van der Waals surface area contributed by atoms with Crippen molar-refractivity contribution in [3.8, 4) is 34.1 Å². The molecular formula is C59H61BN2S. The molecule has 1 aromatic heterocycles. The van der Waals surface area contributed by atoms with Crippen LogP contribution in [0.4, 0.5) is 17.1 Å². The number of anilines is 3. The molecular weight excluding hydrogens is 780 g/mol. The van der Waals surface area contributed by atoms with E-state index < -0.39 is 0 Å². The Labute approximate surface area is 381 Å². The molecule has 316 valence electrons. The summed E-state index contributed by atoms with van der Waals surface area (Å²) >= 11 is 1.93. The van der Waals surface area contributed by atoms with Crippen molar-refractivity contribution in [2.75, 3.05) is 10.6 Å². The van der Waals surface area contributed by atoms with Crippen LogP contribution in [0.2, 0.25) is 0 Å². The van der Waals surface area contributed by atoms with E-state index in [9.17, 15) is 0 Å². The Balaban J connectivity index is 1.46. The molecule has 2 N–H and O–H groups in total. The van der Waals surface area contributed by atoms with Crippen LogP contribution in [0.1, 0.15) is 129 Å². The van der Waals surface area contributed by atoms with Crippen LogP contribution in [-0.4, -0.2) is 7.85 Å². The lowest BCUT2D eigenvalue weighted by Gasteiger charge is -2.46. The Morgan fingerprint density at radius 2 is 1.48 bits per heavy atom. The van der Waals surface area contributed by atoms with Gasteiger partial charge in [-0.2, -0.15) is 0 Å². The number of allylic oxidation sites excluding steroid dienone is 7. The fraction of sp³-hybridized carbons (Fsp3) is 0.322. The maximum atomic E-state index is 7.57. The maximum absolute atomic E-state index is 7.57. The Bertz CT molecular complexity index is 3100. The van der Waals surface area contributed by atoms with Gasteiger partial charge in [0.1, 0.15) is 7.85 Å². The number of nitrogen functional groups attached to an aromatic ring is 1. The zero-order chi connectivity index (χ0) is 44.2. The van der Waals surface area contributed by atoms with Gasteiger partial charge in [0.05, 0.1) is 10.4 Å². The molecule has 4 aliphatic rings. The third kappa shape index (κ3) is 6.60. The standard InChI is InChI=1S/C59H61BN2S/c1-56(2,3)43-30-31-47(61)52(51(43)36-20-13-11-10-12-14-21-36)40-35-39-38-22-15-18-27-49(38)63-55(39)54(50(40)37-28-29-41-45(34-37)58(6,7)33-32-57(41,4)5)62-48-26-17-16-23-42(48)59(8,9)44-24-19-25-46(60)53(44)62/h13,15,17-22,24-31,34-35H,11,14,16,23,32-33,60-61H2,1-9H3/b20-13-,36-21+. The highest BCUT2D eigenvalue weighted by Crippen LogP contribution is 2.59. The summed E-state index contributed by atoms with van der Waals surface area (Å²) in [5, 5.41) is 2.55. The quantitative estimate of drug-likeness (QED) is 0.109. The predicted octanol–water partition coefficient (Wildman–Crippen LogP) is 14.6. The van der Waals surface area contributed by atoms with Gasteiger partial charge < -0.3 is 10.6 Å². The van der Waals surface area contributed by atoms with Gasteiger partial charge in [-0.3, -0.25) is 0 Å². The molecule has 0 atom stereocenters. The smallest absolute Gasteiger partial charge is 0.142 e. The topological polar surface area (TPSA) is 29.3 Å². The first-order valence-corrected chi connectivity index (χ1v) is 24.0. The zero-order valence-corrected chi connectivity index (χ0v) is 39.9. The fourth-order valence-corrected chi connectivity index (χ4v) is 12.6. The summed E-state index contributed by atoms with van der Waals surface area (Å²) in [7, 11) is 2.31. The number of hydrogen-bond acceptors (Lipinski definition) is 3. The van der Waals surface area contributed by atoms with Crippen molar-refractivity contribution in [3.05, 3.63) is 148 Å². The van der Waals surface area contributed by atoms with Crippen molar-refractivity contribution in [3.63, 3.8) is 0 Å². The number of thiophene rings is 1. The first-order chi connectivity index (χ1) is 30.0. The van der Waals surface area contributed by atoms with Gasteiger partial charge >= 0.3 is 0 Å². The average molecular weight is 841 g/mol. The molecule has 0 radical (unpaired) electrons. The molecule has 0 fully saturated rings. The minimum absolute atomic E-state index is 0.0227. The molecule has 4 heteroatoms. The minimum atomic E-state index is -0.161. The molecule has 2 nitrogen and oxygen atoms in total. The van der Waals surface area contributed by atoms with E-state index in [0.29, 0.717) is 6.42 Å². The molecule has 63 heavy (non-hydrogen) atoms. The van der Waals surface area contributed by atoms with Crippen LogP contribution in [0.25, 0.3) is 48.0 Å². The Hall–Kier alpha value is -5.50. The van der Waals surface area contributed by atoms with E-state index in [-0.39, 0.29) is 21.7 Å². The molecule has 0 spiro atoms. The van der Waals surface area contributed by atoms with Gasteiger partial charge in [-0.25, -0.2) is 0 Å². The molecule has 0 amide bonds. The summed E-state index contributed by atoms with van der Waals surface area (Å²) < 4.78 is 2.60.